The van der Waals surface area contributed by atoms with E-state index in [-0.39, 0.29) is 0 Å². The minimum absolute atomic E-state index is 0.361. The SMILES string of the molecule is Cc1cc(C(N)=S)cc(Nc2ccn(C)n2)n1. The van der Waals surface area contributed by atoms with Gasteiger partial charge in [0.2, 0.25) is 0 Å². The Balaban J connectivity index is 2.29. The lowest BCUT2D eigenvalue weighted by molar-refractivity contribution is 0.771. The van der Waals surface area contributed by atoms with Gasteiger partial charge in [0.25, 0.3) is 0 Å². The molecule has 0 spiro atoms. The Morgan fingerprint density at radius 1 is 1.41 bits per heavy atom. The van der Waals surface area contributed by atoms with Crippen molar-refractivity contribution in [2.75, 3.05) is 5.32 Å². The predicted octanol–water partition coefficient (Wildman–Crippen LogP) is 1.50. The topological polar surface area (TPSA) is 68.8 Å². The van der Waals surface area contributed by atoms with Crippen LogP contribution in [0.1, 0.15) is 11.3 Å². The Bertz CT molecular complexity index is 561. The van der Waals surface area contributed by atoms with Crippen molar-refractivity contribution in [2.24, 2.45) is 12.8 Å². The van der Waals surface area contributed by atoms with E-state index in [4.69, 9.17) is 18.0 Å². The number of nitrogens with zero attached hydrogens (tertiary/aromatic N) is 3. The molecule has 3 N–H and O–H groups in total. The lowest BCUT2D eigenvalue weighted by Crippen LogP contribution is -2.10. The van der Waals surface area contributed by atoms with Crippen molar-refractivity contribution in [1.82, 2.24) is 14.8 Å². The molecular weight excluding hydrogens is 234 g/mol. The number of rotatable bonds is 3. The highest BCUT2D eigenvalue weighted by Crippen LogP contribution is 2.14. The first-order chi connectivity index (χ1) is 8.04. The first-order valence-electron chi connectivity index (χ1n) is 5.10. The predicted molar refractivity (Wildman–Crippen MR) is 71.4 cm³/mol. The van der Waals surface area contributed by atoms with Crippen LogP contribution in [0, 0.1) is 6.92 Å². The van der Waals surface area contributed by atoms with Gasteiger partial charge < -0.3 is 11.1 Å². The summed E-state index contributed by atoms with van der Waals surface area (Å²) in [6.45, 7) is 1.89. The first kappa shape index (κ1) is 11.5. The van der Waals surface area contributed by atoms with Gasteiger partial charge in [0.1, 0.15) is 10.8 Å². The largest absolute Gasteiger partial charge is 0.389 e. The highest BCUT2D eigenvalue weighted by molar-refractivity contribution is 7.80. The zero-order valence-corrected chi connectivity index (χ0v) is 10.5. The average Bonchev–Trinajstić information content (AvgIpc) is 2.63. The average molecular weight is 247 g/mol. The molecule has 2 aromatic rings. The maximum atomic E-state index is 5.61. The Hall–Kier alpha value is -1.95. The highest BCUT2D eigenvalue weighted by atomic mass is 32.1. The van der Waals surface area contributed by atoms with Crippen molar-refractivity contribution in [2.45, 2.75) is 6.92 Å². The molecule has 17 heavy (non-hydrogen) atoms. The van der Waals surface area contributed by atoms with E-state index < -0.39 is 0 Å². The van der Waals surface area contributed by atoms with Crippen molar-refractivity contribution in [3.05, 3.63) is 35.7 Å². The number of aryl methyl sites for hydroxylation is 2. The Kier molecular flexibility index (Phi) is 3.06. The molecule has 2 heterocycles. The number of nitrogens with two attached hydrogens (primary N) is 1. The molecule has 0 aromatic carbocycles. The van der Waals surface area contributed by atoms with Gasteiger partial charge in [-0.2, -0.15) is 5.10 Å². The van der Waals surface area contributed by atoms with E-state index in [0.29, 0.717) is 10.8 Å². The van der Waals surface area contributed by atoms with Crippen molar-refractivity contribution < 1.29 is 0 Å². The van der Waals surface area contributed by atoms with Crippen LogP contribution in [0.5, 0.6) is 0 Å². The molecule has 2 rings (SSSR count). The van der Waals surface area contributed by atoms with Gasteiger partial charge in [-0.15, -0.1) is 0 Å². The highest BCUT2D eigenvalue weighted by Gasteiger charge is 2.04. The molecule has 0 amide bonds. The molecule has 88 valence electrons. The van der Waals surface area contributed by atoms with E-state index in [1.54, 1.807) is 4.68 Å². The fraction of sp³-hybridized carbons (Fsp3) is 0.182. The molecule has 0 bridgehead atoms. The van der Waals surface area contributed by atoms with E-state index >= 15 is 0 Å². The zero-order valence-electron chi connectivity index (χ0n) is 9.64. The van der Waals surface area contributed by atoms with Crippen molar-refractivity contribution in [1.29, 1.82) is 0 Å². The summed E-state index contributed by atoms with van der Waals surface area (Å²) in [5.41, 5.74) is 7.26. The number of anilines is 2. The van der Waals surface area contributed by atoms with Gasteiger partial charge in [-0.05, 0) is 19.1 Å². The van der Waals surface area contributed by atoms with Gasteiger partial charge in [-0.25, -0.2) is 4.98 Å². The van der Waals surface area contributed by atoms with Crippen molar-refractivity contribution in [3.63, 3.8) is 0 Å². The number of hydrogen-bond acceptors (Lipinski definition) is 4. The molecule has 0 unspecified atom stereocenters. The molecule has 0 saturated carbocycles. The second-order valence-corrected chi connectivity index (χ2v) is 4.19. The standard InChI is InChI=1S/C11H13N5S/c1-7-5-8(11(12)17)6-10(13-7)14-9-3-4-16(2)15-9/h3-6H,1-2H3,(H2,12,17)(H,13,14,15). The minimum Gasteiger partial charge on any atom is -0.389 e. The van der Waals surface area contributed by atoms with Gasteiger partial charge in [-0.3, -0.25) is 4.68 Å². The van der Waals surface area contributed by atoms with Gasteiger partial charge in [0.05, 0.1) is 0 Å². The fourth-order valence-corrected chi connectivity index (χ4v) is 1.61. The zero-order chi connectivity index (χ0) is 12.4. The van der Waals surface area contributed by atoms with Gasteiger partial charge >= 0.3 is 0 Å². The monoisotopic (exact) mass is 247 g/mol. The van der Waals surface area contributed by atoms with Crippen LogP contribution in [0.3, 0.4) is 0 Å². The normalized spacial score (nSPS) is 10.2. The second kappa shape index (κ2) is 4.50. The van der Waals surface area contributed by atoms with E-state index in [0.717, 1.165) is 17.1 Å². The van der Waals surface area contributed by atoms with Crippen molar-refractivity contribution in [3.8, 4) is 0 Å². The second-order valence-electron chi connectivity index (χ2n) is 3.75. The van der Waals surface area contributed by atoms with Crippen LogP contribution < -0.4 is 11.1 Å². The molecular formula is C11H13N5S. The summed E-state index contributed by atoms with van der Waals surface area (Å²) < 4.78 is 1.71. The molecule has 0 radical (unpaired) electrons. The number of pyridine rings is 1. The number of thiocarbonyl (C=S) groups is 1. The molecule has 0 fully saturated rings. The summed E-state index contributed by atoms with van der Waals surface area (Å²) in [5.74, 6) is 1.42. The van der Waals surface area contributed by atoms with Crippen molar-refractivity contribution >= 4 is 28.8 Å². The van der Waals surface area contributed by atoms with Crippen LogP contribution in [-0.2, 0) is 7.05 Å². The molecule has 0 aliphatic rings. The Morgan fingerprint density at radius 3 is 2.76 bits per heavy atom. The summed E-state index contributed by atoms with van der Waals surface area (Å²) in [6.07, 6.45) is 1.85. The Labute approximate surface area is 105 Å². The lowest BCUT2D eigenvalue weighted by atomic mass is 10.2. The van der Waals surface area contributed by atoms with Crippen LogP contribution >= 0.6 is 12.2 Å². The third kappa shape index (κ3) is 2.79. The van der Waals surface area contributed by atoms with E-state index in [2.05, 4.69) is 15.4 Å². The molecule has 0 atom stereocenters. The van der Waals surface area contributed by atoms with Crippen LogP contribution in [0.15, 0.2) is 24.4 Å². The van der Waals surface area contributed by atoms with Crippen LogP contribution in [0.25, 0.3) is 0 Å². The third-order valence-electron chi connectivity index (χ3n) is 2.21. The first-order valence-corrected chi connectivity index (χ1v) is 5.50. The molecule has 5 nitrogen and oxygen atoms in total. The molecule has 0 saturated heterocycles. The summed E-state index contributed by atoms with van der Waals surface area (Å²) >= 11 is 4.95. The van der Waals surface area contributed by atoms with E-state index in [9.17, 15) is 0 Å². The minimum atomic E-state index is 0.361. The maximum Gasteiger partial charge on any atom is 0.153 e. The summed E-state index contributed by atoms with van der Waals surface area (Å²) in [5, 5.41) is 7.31. The number of hydrogen-bond donors (Lipinski definition) is 2. The Morgan fingerprint density at radius 2 is 2.18 bits per heavy atom. The molecule has 0 aliphatic heterocycles. The van der Waals surface area contributed by atoms with Gasteiger partial charge in [-0.1, -0.05) is 12.2 Å². The number of nitrogens with one attached hydrogen (secondary N) is 1. The van der Waals surface area contributed by atoms with Crippen LogP contribution in [0.4, 0.5) is 11.6 Å². The van der Waals surface area contributed by atoms with Gasteiger partial charge in [0, 0.05) is 30.6 Å². The fourth-order valence-electron chi connectivity index (χ4n) is 1.49. The molecule has 6 heteroatoms. The summed E-state index contributed by atoms with van der Waals surface area (Å²) in [6, 6.07) is 5.53. The quantitative estimate of drug-likeness (QED) is 0.804. The summed E-state index contributed by atoms with van der Waals surface area (Å²) in [4.78, 5) is 4.71. The van der Waals surface area contributed by atoms with E-state index in [1.165, 1.54) is 0 Å². The smallest absolute Gasteiger partial charge is 0.153 e. The van der Waals surface area contributed by atoms with Crippen LogP contribution in [-0.4, -0.2) is 19.8 Å². The molecule has 2 aromatic heterocycles. The molecule has 0 aliphatic carbocycles. The number of aromatic nitrogens is 3. The van der Waals surface area contributed by atoms with Gasteiger partial charge in [0.15, 0.2) is 5.82 Å². The lowest BCUT2D eigenvalue weighted by Gasteiger charge is -2.06. The maximum absolute atomic E-state index is 5.61. The third-order valence-corrected chi connectivity index (χ3v) is 2.44. The van der Waals surface area contributed by atoms with Crippen LogP contribution in [0.2, 0.25) is 0 Å². The summed E-state index contributed by atoms with van der Waals surface area (Å²) in [7, 11) is 1.86. The van der Waals surface area contributed by atoms with E-state index in [1.807, 2.05) is 38.4 Å².